The molecule has 1 unspecified atom stereocenters. The van der Waals surface area contributed by atoms with Gasteiger partial charge in [-0.1, -0.05) is 194 Å². The average Bonchev–Trinajstić information content (AvgIpc) is 3.59. The van der Waals surface area contributed by atoms with Gasteiger partial charge in [-0.15, -0.1) is 0 Å². The second kappa shape index (κ2) is 34.3. The Hall–Kier alpha value is -2.78. The Morgan fingerprint density at radius 2 is 1.02 bits per heavy atom. The molecule has 4 N–H and O–H groups in total. The third kappa shape index (κ3) is 25.5. The highest BCUT2D eigenvalue weighted by molar-refractivity contribution is 5.71. The molecule has 2 rings (SSSR count). The molecule has 324 valence electrons. The molecule has 0 spiro atoms. The van der Waals surface area contributed by atoms with Crippen molar-refractivity contribution in [3.05, 3.63) is 10.4 Å². The van der Waals surface area contributed by atoms with Crippen LogP contribution in [0.4, 0.5) is 17.5 Å². The topological polar surface area (TPSA) is 140 Å². The van der Waals surface area contributed by atoms with Crippen LogP contribution in [0.5, 0.6) is 0 Å². The number of nitrogen functional groups attached to an aromatic ring is 1. The first-order valence-electron chi connectivity index (χ1n) is 23.6. The van der Waals surface area contributed by atoms with Crippen LogP contribution in [0.25, 0.3) is 0 Å². The van der Waals surface area contributed by atoms with E-state index in [1.165, 1.54) is 161 Å². The van der Waals surface area contributed by atoms with Crippen LogP contribution in [0.3, 0.4) is 0 Å². The first kappa shape index (κ1) is 49.4. The maximum absolute atomic E-state index is 12.7. The molecule has 0 saturated heterocycles. The van der Waals surface area contributed by atoms with Crippen molar-refractivity contribution in [2.75, 3.05) is 42.4 Å². The highest BCUT2D eigenvalue weighted by Crippen LogP contribution is 2.27. The zero-order valence-corrected chi connectivity index (χ0v) is 36.3. The zero-order valence-electron chi connectivity index (χ0n) is 36.3. The fourth-order valence-corrected chi connectivity index (χ4v) is 7.78. The molecule has 1 aliphatic rings. The predicted octanol–water partition coefficient (Wildman–Crippen LogP) is 12.2. The summed E-state index contributed by atoms with van der Waals surface area (Å²) in [4.78, 5) is 46.4. The van der Waals surface area contributed by atoms with E-state index in [1.807, 2.05) is 4.90 Å². The van der Waals surface area contributed by atoms with Gasteiger partial charge in [0.2, 0.25) is 5.95 Å². The summed E-state index contributed by atoms with van der Waals surface area (Å²) in [5, 5.41) is 3.09. The number of aromatic nitrogens is 2. The van der Waals surface area contributed by atoms with E-state index in [0.29, 0.717) is 44.0 Å². The second-order valence-electron chi connectivity index (χ2n) is 16.7. The van der Waals surface area contributed by atoms with Crippen LogP contribution >= 0.6 is 0 Å². The predicted molar refractivity (Wildman–Crippen MR) is 234 cm³/mol. The second-order valence-corrected chi connectivity index (χ2v) is 16.7. The van der Waals surface area contributed by atoms with Crippen molar-refractivity contribution in [1.29, 1.82) is 0 Å². The smallest absolute Gasteiger partial charge is 0.305 e. The molecular weight excluding hydrogens is 703 g/mol. The van der Waals surface area contributed by atoms with Gasteiger partial charge in [0.15, 0.2) is 5.82 Å². The van der Waals surface area contributed by atoms with Crippen molar-refractivity contribution in [3.63, 3.8) is 0 Å². The normalized spacial score (nSPS) is 12.8. The van der Waals surface area contributed by atoms with Crippen LogP contribution in [0.15, 0.2) is 4.79 Å². The Balaban J connectivity index is 1.58. The molecular formula is C46H85N5O5. The lowest BCUT2D eigenvalue weighted by Crippen LogP contribution is -2.33. The standard InChI is InChI=1S/C46H85N5O5/c1-3-5-7-9-11-13-15-17-19-21-23-25-27-29-31-33-41(52)55-36-35-40(37-51-39-48-43-44(51)49-46(47)50-45(43)54)38-56-42(53)34-32-30-28-26-24-22-20-18-16-14-12-10-8-6-4-2/h40,48H,3-39H2,1-2H3,(H3,47,49,50,54). The quantitative estimate of drug-likeness (QED) is 0.0439. The number of esters is 2. The van der Waals surface area contributed by atoms with Gasteiger partial charge in [0.25, 0.3) is 5.56 Å². The van der Waals surface area contributed by atoms with Crippen LogP contribution in [-0.2, 0) is 19.1 Å². The molecule has 10 heteroatoms. The molecule has 0 fully saturated rings. The Morgan fingerprint density at radius 1 is 0.625 bits per heavy atom. The van der Waals surface area contributed by atoms with Gasteiger partial charge < -0.3 is 25.4 Å². The van der Waals surface area contributed by atoms with Gasteiger partial charge in [-0.3, -0.25) is 19.4 Å². The molecule has 0 saturated carbocycles. The summed E-state index contributed by atoms with van der Waals surface area (Å²) in [6.07, 6.45) is 40.0. The minimum absolute atomic E-state index is 0.0571. The molecule has 10 nitrogen and oxygen atoms in total. The number of nitrogens with one attached hydrogen (secondary N) is 2. The summed E-state index contributed by atoms with van der Waals surface area (Å²) in [6.45, 7) is 5.91. The Labute approximate surface area is 342 Å². The maximum Gasteiger partial charge on any atom is 0.305 e. The molecule has 0 bridgehead atoms. The number of fused-ring (bicyclic) bond motifs is 1. The lowest BCUT2D eigenvalue weighted by Gasteiger charge is -2.24. The first-order valence-corrected chi connectivity index (χ1v) is 23.6. The third-order valence-electron chi connectivity index (χ3n) is 11.4. The number of ether oxygens (including phenoxy) is 2. The zero-order chi connectivity index (χ0) is 40.3. The minimum atomic E-state index is -0.311. The molecule has 1 aromatic heterocycles. The molecule has 0 radical (unpaired) electrons. The number of H-pyrrole nitrogens is 1. The summed E-state index contributed by atoms with van der Waals surface area (Å²) in [7, 11) is 0. The Kier molecular flexibility index (Phi) is 30.2. The van der Waals surface area contributed by atoms with E-state index in [-0.39, 0.29) is 42.6 Å². The minimum Gasteiger partial charge on any atom is -0.466 e. The molecule has 2 heterocycles. The van der Waals surface area contributed by atoms with Crippen molar-refractivity contribution in [1.82, 2.24) is 9.97 Å². The largest absolute Gasteiger partial charge is 0.466 e. The number of aromatic amines is 1. The van der Waals surface area contributed by atoms with Gasteiger partial charge >= 0.3 is 11.9 Å². The summed E-state index contributed by atoms with van der Waals surface area (Å²) < 4.78 is 11.4. The first-order chi connectivity index (χ1) is 27.4. The van der Waals surface area contributed by atoms with Crippen LogP contribution < -0.4 is 21.5 Å². The highest BCUT2D eigenvalue weighted by Gasteiger charge is 2.27. The third-order valence-corrected chi connectivity index (χ3v) is 11.4. The monoisotopic (exact) mass is 788 g/mol. The van der Waals surface area contributed by atoms with Gasteiger partial charge in [0.05, 0.1) is 19.9 Å². The molecule has 0 aromatic carbocycles. The Bertz CT molecular complexity index is 1180. The van der Waals surface area contributed by atoms with Crippen molar-refractivity contribution in [2.24, 2.45) is 5.92 Å². The molecule has 1 aliphatic heterocycles. The van der Waals surface area contributed by atoms with Crippen molar-refractivity contribution < 1.29 is 19.1 Å². The van der Waals surface area contributed by atoms with Gasteiger partial charge in [0.1, 0.15) is 5.69 Å². The molecule has 1 aromatic rings. The number of carbonyl (C=O) groups excluding carboxylic acids is 2. The van der Waals surface area contributed by atoms with Gasteiger partial charge in [-0.05, 0) is 19.3 Å². The molecule has 0 amide bonds. The Morgan fingerprint density at radius 3 is 1.45 bits per heavy atom. The summed E-state index contributed by atoms with van der Waals surface area (Å²) in [5.41, 5.74) is 5.91. The maximum atomic E-state index is 12.7. The van der Waals surface area contributed by atoms with Gasteiger partial charge in [0, 0.05) is 25.3 Å². The van der Waals surface area contributed by atoms with Crippen LogP contribution in [0, 0.1) is 5.92 Å². The van der Waals surface area contributed by atoms with Crippen molar-refractivity contribution in [2.45, 2.75) is 226 Å². The van der Waals surface area contributed by atoms with E-state index in [0.717, 1.165) is 32.1 Å². The highest BCUT2D eigenvalue weighted by atomic mass is 16.5. The van der Waals surface area contributed by atoms with Crippen molar-refractivity contribution in [3.8, 4) is 0 Å². The van der Waals surface area contributed by atoms with Gasteiger partial charge in [-0.25, -0.2) is 0 Å². The molecule has 1 atom stereocenters. The molecule has 56 heavy (non-hydrogen) atoms. The van der Waals surface area contributed by atoms with E-state index >= 15 is 0 Å². The lowest BCUT2D eigenvalue weighted by atomic mass is 10.0. The lowest BCUT2D eigenvalue weighted by molar-refractivity contribution is -0.147. The SMILES string of the molecule is CCCCCCCCCCCCCCCCCC(=O)OCCC(COC(=O)CCCCCCCCCCCCCCCCC)CN1CNc2c1nc(N)[nH]c2=O. The van der Waals surface area contributed by atoms with E-state index in [2.05, 4.69) is 29.1 Å². The number of unbranched alkanes of at least 4 members (excludes halogenated alkanes) is 28. The van der Waals surface area contributed by atoms with Crippen LogP contribution in [0.2, 0.25) is 0 Å². The van der Waals surface area contributed by atoms with E-state index in [1.54, 1.807) is 0 Å². The number of anilines is 3. The van der Waals surface area contributed by atoms with Crippen LogP contribution in [-0.4, -0.2) is 48.3 Å². The molecule has 0 aliphatic carbocycles. The average molecular weight is 788 g/mol. The number of rotatable bonds is 39. The number of hydrogen-bond donors (Lipinski definition) is 3. The number of carbonyl (C=O) groups is 2. The van der Waals surface area contributed by atoms with Crippen LogP contribution in [0.1, 0.15) is 226 Å². The summed E-state index contributed by atoms with van der Waals surface area (Å²) in [5.74, 6) is 0.0900. The van der Waals surface area contributed by atoms with Crippen molar-refractivity contribution >= 4 is 29.4 Å². The van der Waals surface area contributed by atoms with E-state index in [4.69, 9.17) is 15.2 Å². The fourth-order valence-electron chi connectivity index (χ4n) is 7.78. The summed E-state index contributed by atoms with van der Waals surface area (Å²) in [6, 6.07) is 0. The number of nitrogens with zero attached hydrogens (tertiary/aromatic N) is 2. The van der Waals surface area contributed by atoms with Gasteiger partial charge in [-0.2, -0.15) is 4.98 Å². The van der Waals surface area contributed by atoms with E-state index < -0.39 is 0 Å². The number of nitrogens with two attached hydrogens (primary N) is 1. The number of hydrogen-bond acceptors (Lipinski definition) is 9. The van der Waals surface area contributed by atoms with E-state index in [9.17, 15) is 14.4 Å². The fraction of sp³-hybridized carbons (Fsp3) is 0.870. The summed E-state index contributed by atoms with van der Waals surface area (Å²) >= 11 is 0.